The molecule has 4 aromatic rings. The summed E-state index contributed by atoms with van der Waals surface area (Å²) < 4.78 is 87.4. The normalized spacial score (nSPS) is 20.3. The van der Waals surface area contributed by atoms with Crippen molar-refractivity contribution in [1.82, 2.24) is 35.3 Å². The molecular weight excluding hydrogens is 979 g/mol. The number of ether oxygens (including phenoxy) is 5. The second kappa shape index (κ2) is 27.2. The van der Waals surface area contributed by atoms with Gasteiger partial charge in [-0.05, 0) is 67.8 Å². The molecule has 0 bridgehead atoms. The second-order valence-corrected chi connectivity index (χ2v) is 19.5. The maximum Gasteiger partial charge on any atom is 0.249 e. The minimum absolute atomic E-state index is 0.0935. The molecule has 404 valence electrons. The molecule has 4 amide bonds. The van der Waals surface area contributed by atoms with Crippen LogP contribution in [-0.2, 0) is 42.9 Å². The maximum atomic E-state index is 15.0. The fourth-order valence-electron chi connectivity index (χ4n) is 9.38. The third-order valence-corrected chi connectivity index (χ3v) is 13.8. The van der Waals surface area contributed by atoms with Crippen LogP contribution in [0.2, 0.25) is 0 Å². The van der Waals surface area contributed by atoms with Crippen LogP contribution in [0, 0.1) is 11.9 Å². The van der Waals surface area contributed by atoms with E-state index in [1.807, 2.05) is 24.1 Å². The van der Waals surface area contributed by atoms with E-state index in [4.69, 9.17) is 23.7 Å². The van der Waals surface area contributed by atoms with Gasteiger partial charge in [0.25, 0.3) is 0 Å². The lowest BCUT2D eigenvalue weighted by Crippen LogP contribution is -2.48. The van der Waals surface area contributed by atoms with E-state index in [-0.39, 0.29) is 77.4 Å². The number of likely N-dealkylation sites (N-methyl/N-ethyl adjacent to an activating group) is 1. The standard InChI is InChI=1S/C55H67F4N7O9/c1-64(21-23-72-26-28-74-34-48(67)65-32-40(56)30-46(65)54(69)62-50(38-8-4-2-5-9-38)44-18-16-42(36-12-13-36)52(58)60-44)20-22-71-24-25-73-27-29-75-35-49(68)66-33-41(57)31-47(66)55(70)63-51(39-10-6-3-7-11-39)45-19-17-43(37-14-15-37)53(59)61-45/h2-11,16-19,36-37,40-41,46-47,50-51H,12-15,20-35H2,1H3,(H,62,69)(H,63,70)/t40-,41-,46+,47+,50+,51+/m1/s1. The summed E-state index contributed by atoms with van der Waals surface area (Å²) in [5.74, 6) is -3.01. The number of carbonyl (C=O) groups is 4. The summed E-state index contributed by atoms with van der Waals surface area (Å²) in [6, 6.07) is 21.0. The van der Waals surface area contributed by atoms with Crippen molar-refractivity contribution >= 4 is 23.6 Å². The highest BCUT2D eigenvalue weighted by molar-refractivity contribution is 5.90. The fourth-order valence-corrected chi connectivity index (χ4v) is 9.38. The van der Waals surface area contributed by atoms with Gasteiger partial charge >= 0.3 is 0 Å². The van der Waals surface area contributed by atoms with E-state index in [2.05, 4.69) is 20.6 Å². The third-order valence-electron chi connectivity index (χ3n) is 13.8. The van der Waals surface area contributed by atoms with Crippen LogP contribution in [0.3, 0.4) is 0 Å². The molecule has 0 spiro atoms. The van der Waals surface area contributed by atoms with Crippen LogP contribution in [0.5, 0.6) is 0 Å². The zero-order valence-corrected chi connectivity index (χ0v) is 42.3. The molecule has 2 aromatic heterocycles. The van der Waals surface area contributed by atoms with E-state index in [1.54, 1.807) is 72.8 Å². The van der Waals surface area contributed by atoms with Gasteiger partial charge in [0.1, 0.15) is 37.6 Å². The number of halogens is 4. The molecule has 2 aliphatic carbocycles. The first-order valence-electron chi connectivity index (χ1n) is 25.9. The SMILES string of the molecule is CN(CCOCCOCCOCC(=O)N1C[C@H](F)C[C@H]1C(=O)N[C@@H](c1ccccc1)c1ccc(C2CC2)c(F)n1)CCOCCOCC(=O)N1C[C@H](F)C[C@H]1C(=O)N[C@@H](c1ccccc1)c1ccc(C2CC2)c(F)n1. The molecule has 2 aliphatic heterocycles. The molecular formula is C55H67F4N7O9. The van der Waals surface area contributed by atoms with Crippen molar-refractivity contribution in [2.24, 2.45) is 0 Å². The Morgan fingerprint density at radius 2 is 0.933 bits per heavy atom. The minimum atomic E-state index is -1.40. The molecule has 0 radical (unpaired) electrons. The molecule has 20 heteroatoms. The number of benzene rings is 2. The summed E-state index contributed by atoms with van der Waals surface area (Å²) >= 11 is 0. The van der Waals surface area contributed by atoms with Crippen molar-refractivity contribution < 1.29 is 60.4 Å². The molecule has 2 saturated heterocycles. The van der Waals surface area contributed by atoms with Crippen molar-refractivity contribution in [3.8, 4) is 0 Å². The van der Waals surface area contributed by atoms with Crippen molar-refractivity contribution in [3.63, 3.8) is 0 Å². The number of rotatable bonds is 29. The monoisotopic (exact) mass is 1050 g/mol. The predicted octanol–water partition coefficient (Wildman–Crippen LogP) is 5.51. The van der Waals surface area contributed by atoms with E-state index in [1.165, 1.54) is 9.80 Å². The number of hydrogen-bond donors (Lipinski definition) is 2. The summed E-state index contributed by atoms with van der Waals surface area (Å²) in [4.78, 5) is 66.4. The van der Waals surface area contributed by atoms with Crippen LogP contribution >= 0.6 is 0 Å². The lowest BCUT2D eigenvalue weighted by atomic mass is 10.0. The van der Waals surface area contributed by atoms with Gasteiger partial charge in [0.2, 0.25) is 35.5 Å². The first kappa shape index (κ1) is 55.3. The summed E-state index contributed by atoms with van der Waals surface area (Å²) in [7, 11) is 1.92. The zero-order chi connectivity index (χ0) is 52.7. The summed E-state index contributed by atoms with van der Waals surface area (Å²) in [6.45, 7) is 2.07. The van der Waals surface area contributed by atoms with Gasteiger partial charge in [0.15, 0.2) is 0 Å². The van der Waals surface area contributed by atoms with Crippen LogP contribution in [0.1, 0.15) is 96.1 Å². The third kappa shape index (κ3) is 15.8. The van der Waals surface area contributed by atoms with Gasteiger partial charge in [0.05, 0.1) is 89.4 Å². The van der Waals surface area contributed by atoms with E-state index < -0.39 is 72.0 Å². The van der Waals surface area contributed by atoms with Crippen LogP contribution in [0.15, 0.2) is 84.9 Å². The number of pyridine rings is 2. The average Bonchev–Trinajstić information content (AvgIpc) is 4.36. The molecule has 2 aromatic carbocycles. The van der Waals surface area contributed by atoms with Crippen molar-refractivity contribution in [1.29, 1.82) is 0 Å². The van der Waals surface area contributed by atoms with E-state index in [0.29, 0.717) is 73.2 Å². The van der Waals surface area contributed by atoms with Crippen LogP contribution in [0.4, 0.5) is 17.6 Å². The van der Waals surface area contributed by atoms with Crippen molar-refractivity contribution in [2.75, 3.05) is 99.3 Å². The number of aromatic nitrogens is 2. The number of alkyl halides is 2. The number of amides is 4. The summed E-state index contributed by atoms with van der Waals surface area (Å²) in [6.07, 6.45) is 0.508. The van der Waals surface area contributed by atoms with Gasteiger partial charge in [-0.25, -0.2) is 18.7 Å². The number of nitrogens with one attached hydrogen (secondary N) is 2. The Morgan fingerprint density at radius 1 is 0.560 bits per heavy atom. The number of hydrogen-bond acceptors (Lipinski definition) is 12. The molecule has 2 N–H and O–H groups in total. The van der Waals surface area contributed by atoms with Gasteiger partial charge in [-0.1, -0.05) is 72.8 Å². The molecule has 2 saturated carbocycles. The number of nitrogens with zero attached hydrogens (tertiary/aromatic N) is 5. The molecule has 8 rings (SSSR count). The topological polar surface area (TPSA) is 174 Å². The number of likely N-dealkylation sites (tertiary alicyclic amines) is 2. The summed E-state index contributed by atoms with van der Waals surface area (Å²) in [5, 5.41) is 5.80. The van der Waals surface area contributed by atoms with Crippen molar-refractivity contribution in [2.45, 2.75) is 86.9 Å². The lowest BCUT2D eigenvalue weighted by Gasteiger charge is -2.26. The predicted molar refractivity (Wildman–Crippen MR) is 267 cm³/mol. The minimum Gasteiger partial charge on any atom is -0.378 e. The van der Waals surface area contributed by atoms with Gasteiger partial charge in [-0.2, -0.15) is 8.78 Å². The Hall–Kier alpha value is -5.90. The largest absolute Gasteiger partial charge is 0.378 e. The second-order valence-electron chi connectivity index (χ2n) is 19.5. The molecule has 16 nitrogen and oxygen atoms in total. The Balaban J connectivity index is 0.650. The Morgan fingerprint density at radius 3 is 1.31 bits per heavy atom. The van der Waals surface area contributed by atoms with E-state index in [9.17, 15) is 36.7 Å². The lowest BCUT2D eigenvalue weighted by molar-refractivity contribution is -0.142. The van der Waals surface area contributed by atoms with Gasteiger partial charge in [-0.15, -0.1) is 0 Å². The molecule has 75 heavy (non-hydrogen) atoms. The first-order chi connectivity index (χ1) is 36.4. The fraction of sp³-hybridized carbons (Fsp3) is 0.527. The zero-order valence-electron chi connectivity index (χ0n) is 42.3. The smallest absolute Gasteiger partial charge is 0.249 e. The Kier molecular flexibility index (Phi) is 20.1. The highest BCUT2D eigenvalue weighted by Gasteiger charge is 2.42. The molecule has 4 fully saturated rings. The Labute approximate surface area is 434 Å². The summed E-state index contributed by atoms with van der Waals surface area (Å²) in [5.41, 5.74) is 3.06. The first-order valence-corrected chi connectivity index (χ1v) is 25.9. The highest BCUT2D eigenvalue weighted by Crippen LogP contribution is 2.42. The van der Waals surface area contributed by atoms with Crippen LogP contribution in [-0.4, -0.2) is 172 Å². The van der Waals surface area contributed by atoms with E-state index in [0.717, 1.165) is 25.7 Å². The van der Waals surface area contributed by atoms with Crippen LogP contribution < -0.4 is 10.6 Å². The average molecular weight is 1050 g/mol. The van der Waals surface area contributed by atoms with Gasteiger partial charge < -0.3 is 49.0 Å². The molecule has 0 unspecified atom stereocenters. The molecule has 4 heterocycles. The molecule has 6 atom stereocenters. The van der Waals surface area contributed by atoms with Crippen molar-refractivity contribution in [3.05, 3.63) is 130 Å². The molecule has 4 aliphatic rings. The quantitative estimate of drug-likeness (QED) is 0.0397. The van der Waals surface area contributed by atoms with Crippen LogP contribution in [0.25, 0.3) is 0 Å². The maximum absolute atomic E-state index is 15.0. The Bertz CT molecular complexity index is 2510. The van der Waals surface area contributed by atoms with Gasteiger partial charge in [0, 0.05) is 37.1 Å². The number of carbonyl (C=O) groups excluding carboxylic acids is 4. The van der Waals surface area contributed by atoms with Gasteiger partial charge in [-0.3, -0.25) is 19.2 Å². The van der Waals surface area contributed by atoms with E-state index >= 15 is 0 Å². The highest BCUT2D eigenvalue weighted by atomic mass is 19.1.